The molecule has 2 rings (SSSR count). The van der Waals surface area contributed by atoms with Crippen molar-refractivity contribution in [1.82, 2.24) is 0 Å². The summed E-state index contributed by atoms with van der Waals surface area (Å²) in [6, 6.07) is 7.58. The Balaban J connectivity index is 2.14. The average Bonchev–Trinajstić information content (AvgIpc) is 2.40. The molecule has 1 aliphatic heterocycles. The molecule has 2 N–H and O–H groups in total. The number of nitrogens with zero attached hydrogens (tertiary/aromatic N) is 1. The average molecular weight is 343 g/mol. The topological polar surface area (TPSA) is 29.3 Å². The zero-order valence-electron chi connectivity index (χ0n) is 11.7. The van der Waals surface area contributed by atoms with Crippen LogP contribution in [0.1, 0.15) is 25.8 Å². The van der Waals surface area contributed by atoms with Crippen molar-refractivity contribution in [2.75, 3.05) is 23.0 Å². The van der Waals surface area contributed by atoms with Gasteiger partial charge < -0.3 is 10.6 Å². The highest BCUT2D eigenvalue weighted by atomic mass is 79.9. The molecule has 1 aromatic carbocycles. The number of nitrogens with two attached hydrogens (primary N) is 1. The van der Waals surface area contributed by atoms with Crippen LogP contribution in [-0.2, 0) is 6.42 Å². The summed E-state index contributed by atoms with van der Waals surface area (Å²) in [6.07, 6.45) is 1.99. The number of benzene rings is 1. The molecule has 1 heterocycles. The number of hydrogen-bond acceptors (Lipinski definition) is 3. The van der Waals surface area contributed by atoms with E-state index in [9.17, 15) is 0 Å². The summed E-state index contributed by atoms with van der Waals surface area (Å²) in [5.41, 5.74) is 8.67. The second kappa shape index (κ2) is 7.00. The van der Waals surface area contributed by atoms with Crippen molar-refractivity contribution < 1.29 is 0 Å². The van der Waals surface area contributed by atoms with Crippen LogP contribution in [0.5, 0.6) is 0 Å². The van der Waals surface area contributed by atoms with Crippen LogP contribution >= 0.6 is 27.7 Å². The molecule has 1 aromatic rings. The van der Waals surface area contributed by atoms with E-state index in [2.05, 4.69) is 52.9 Å². The van der Waals surface area contributed by atoms with E-state index in [1.54, 1.807) is 0 Å². The molecule has 0 radical (unpaired) electrons. The van der Waals surface area contributed by atoms with Gasteiger partial charge in [-0.1, -0.05) is 13.0 Å². The van der Waals surface area contributed by atoms with Crippen molar-refractivity contribution >= 4 is 33.4 Å². The first-order chi connectivity index (χ1) is 9.11. The highest BCUT2D eigenvalue weighted by Gasteiger charge is 2.20. The highest BCUT2D eigenvalue weighted by Crippen LogP contribution is 2.31. The molecule has 4 heteroatoms. The Morgan fingerprint density at radius 2 is 2.32 bits per heavy atom. The van der Waals surface area contributed by atoms with Gasteiger partial charge in [0.05, 0.1) is 5.69 Å². The molecule has 2 nitrogen and oxygen atoms in total. The van der Waals surface area contributed by atoms with Gasteiger partial charge in [-0.2, -0.15) is 11.8 Å². The van der Waals surface area contributed by atoms with E-state index in [1.807, 2.05) is 11.8 Å². The van der Waals surface area contributed by atoms with E-state index in [4.69, 9.17) is 5.73 Å². The summed E-state index contributed by atoms with van der Waals surface area (Å²) < 4.78 is 1.20. The molecule has 0 aromatic heterocycles. The lowest BCUT2D eigenvalue weighted by molar-refractivity contribution is 0.646. The summed E-state index contributed by atoms with van der Waals surface area (Å²) in [6.45, 7) is 5.58. The second-order valence-electron chi connectivity index (χ2n) is 5.28. The number of anilines is 1. The maximum Gasteiger partial charge on any atom is 0.0513 e. The van der Waals surface area contributed by atoms with Gasteiger partial charge in [0.25, 0.3) is 0 Å². The van der Waals surface area contributed by atoms with Crippen molar-refractivity contribution in [2.24, 2.45) is 5.73 Å². The Bertz CT molecular complexity index is 425. The van der Waals surface area contributed by atoms with E-state index < -0.39 is 0 Å². The fraction of sp³-hybridized carbons (Fsp3) is 0.600. The van der Waals surface area contributed by atoms with Gasteiger partial charge >= 0.3 is 0 Å². The van der Waals surface area contributed by atoms with Crippen LogP contribution in [0, 0.1) is 0 Å². The largest absolute Gasteiger partial charge is 0.366 e. The second-order valence-corrected chi connectivity index (χ2v) is 7.28. The Hall–Kier alpha value is -0.190. The molecule has 0 spiro atoms. The zero-order chi connectivity index (χ0) is 13.8. The third kappa shape index (κ3) is 3.89. The molecule has 0 saturated carbocycles. The van der Waals surface area contributed by atoms with Crippen LogP contribution in [-0.4, -0.2) is 30.1 Å². The molecular formula is C15H23BrN2S. The van der Waals surface area contributed by atoms with Gasteiger partial charge in [-0.15, -0.1) is 0 Å². The molecule has 2 atom stereocenters. The predicted octanol–water partition coefficient (Wildman–Crippen LogP) is 3.67. The first-order valence-corrected chi connectivity index (χ1v) is 8.95. The van der Waals surface area contributed by atoms with Crippen molar-refractivity contribution in [3.63, 3.8) is 0 Å². The number of hydrogen-bond donors (Lipinski definition) is 1. The van der Waals surface area contributed by atoms with E-state index in [0.29, 0.717) is 6.04 Å². The molecule has 1 saturated heterocycles. The number of thioether (sulfide) groups is 1. The normalized spacial score (nSPS) is 21.5. The molecule has 0 bridgehead atoms. The molecule has 2 unspecified atom stereocenters. The molecular weight excluding hydrogens is 320 g/mol. The van der Waals surface area contributed by atoms with E-state index >= 15 is 0 Å². The van der Waals surface area contributed by atoms with Gasteiger partial charge in [-0.25, -0.2) is 0 Å². The van der Waals surface area contributed by atoms with Crippen LogP contribution in [0.3, 0.4) is 0 Å². The van der Waals surface area contributed by atoms with E-state index in [0.717, 1.165) is 19.4 Å². The quantitative estimate of drug-likeness (QED) is 0.904. The summed E-state index contributed by atoms with van der Waals surface area (Å²) in [5.74, 6) is 2.44. The van der Waals surface area contributed by atoms with E-state index in [-0.39, 0.29) is 6.04 Å². The molecule has 19 heavy (non-hydrogen) atoms. The standard InChI is InChI=1S/C15H23BrN2S/c1-3-13(17)8-12-4-5-15(14(16)9-12)18-6-7-19-10-11(18)2/h4-5,9,11,13H,3,6-8,10,17H2,1-2H3. The van der Waals surface area contributed by atoms with Gasteiger partial charge in [0.15, 0.2) is 0 Å². The summed E-state index contributed by atoms with van der Waals surface area (Å²) >= 11 is 5.78. The molecule has 106 valence electrons. The number of rotatable bonds is 4. The van der Waals surface area contributed by atoms with Crippen LogP contribution < -0.4 is 10.6 Å². The van der Waals surface area contributed by atoms with Gasteiger partial charge in [0.2, 0.25) is 0 Å². The molecule has 1 aliphatic rings. The Labute approximate surface area is 129 Å². The number of halogens is 1. The Morgan fingerprint density at radius 3 is 2.95 bits per heavy atom. The smallest absolute Gasteiger partial charge is 0.0513 e. The zero-order valence-corrected chi connectivity index (χ0v) is 14.1. The maximum absolute atomic E-state index is 6.03. The van der Waals surface area contributed by atoms with Crippen LogP contribution in [0.4, 0.5) is 5.69 Å². The third-order valence-corrected chi connectivity index (χ3v) is 5.54. The van der Waals surface area contributed by atoms with Crippen LogP contribution in [0.2, 0.25) is 0 Å². The maximum atomic E-state index is 6.03. The van der Waals surface area contributed by atoms with Gasteiger partial charge in [-0.3, -0.25) is 0 Å². The summed E-state index contributed by atoms with van der Waals surface area (Å²) in [4.78, 5) is 2.50. The fourth-order valence-corrected chi connectivity index (χ4v) is 4.11. The third-order valence-electron chi connectivity index (χ3n) is 3.71. The Kier molecular flexibility index (Phi) is 5.60. The lowest BCUT2D eigenvalue weighted by Crippen LogP contribution is -2.40. The highest BCUT2D eigenvalue weighted by molar-refractivity contribution is 9.10. The minimum Gasteiger partial charge on any atom is -0.366 e. The van der Waals surface area contributed by atoms with Crippen LogP contribution in [0.25, 0.3) is 0 Å². The van der Waals surface area contributed by atoms with Gasteiger partial charge in [-0.05, 0) is 53.4 Å². The molecule has 1 fully saturated rings. The Morgan fingerprint density at radius 1 is 1.53 bits per heavy atom. The van der Waals surface area contributed by atoms with E-state index in [1.165, 1.54) is 27.2 Å². The molecule has 0 amide bonds. The van der Waals surface area contributed by atoms with Crippen molar-refractivity contribution in [1.29, 1.82) is 0 Å². The van der Waals surface area contributed by atoms with Crippen molar-refractivity contribution in [3.8, 4) is 0 Å². The lowest BCUT2D eigenvalue weighted by Gasteiger charge is -2.35. The SMILES string of the molecule is CCC(N)Cc1ccc(N2CCSCC2C)c(Br)c1. The van der Waals surface area contributed by atoms with Gasteiger partial charge in [0.1, 0.15) is 0 Å². The first kappa shape index (κ1) is 15.2. The monoisotopic (exact) mass is 342 g/mol. The fourth-order valence-electron chi connectivity index (χ4n) is 2.44. The predicted molar refractivity (Wildman–Crippen MR) is 90.2 cm³/mol. The first-order valence-electron chi connectivity index (χ1n) is 7.00. The summed E-state index contributed by atoms with van der Waals surface area (Å²) in [5, 5.41) is 0. The minimum atomic E-state index is 0.267. The summed E-state index contributed by atoms with van der Waals surface area (Å²) in [7, 11) is 0. The lowest BCUT2D eigenvalue weighted by atomic mass is 10.0. The minimum absolute atomic E-state index is 0.267. The molecule has 0 aliphatic carbocycles. The van der Waals surface area contributed by atoms with Crippen molar-refractivity contribution in [2.45, 2.75) is 38.8 Å². The van der Waals surface area contributed by atoms with Gasteiger partial charge in [0, 0.05) is 34.6 Å². The van der Waals surface area contributed by atoms with Crippen molar-refractivity contribution in [3.05, 3.63) is 28.2 Å². The van der Waals surface area contributed by atoms with Crippen LogP contribution in [0.15, 0.2) is 22.7 Å².